The van der Waals surface area contributed by atoms with E-state index in [4.69, 9.17) is 5.11 Å². The molecule has 98 valence electrons. The summed E-state index contributed by atoms with van der Waals surface area (Å²) < 4.78 is 54.1. The van der Waals surface area contributed by atoms with Crippen molar-refractivity contribution < 1.29 is 32.2 Å². The summed E-state index contributed by atoms with van der Waals surface area (Å²) in [5, 5.41) is 8.88. The van der Waals surface area contributed by atoms with Gasteiger partial charge in [0, 0.05) is 6.42 Å². The van der Waals surface area contributed by atoms with Crippen molar-refractivity contribution in [2.75, 3.05) is 0 Å². The molecule has 0 bridgehead atoms. The molecule has 1 atom stereocenters. The van der Waals surface area contributed by atoms with E-state index in [0.717, 1.165) is 24.3 Å². The van der Waals surface area contributed by atoms with Gasteiger partial charge in [-0.1, -0.05) is 12.1 Å². The largest absolute Gasteiger partial charge is 0.480 e. The van der Waals surface area contributed by atoms with Gasteiger partial charge in [0.2, 0.25) is 0 Å². The molecule has 0 heterocycles. The van der Waals surface area contributed by atoms with Crippen LogP contribution < -0.4 is 4.74 Å². The van der Waals surface area contributed by atoms with Crippen molar-refractivity contribution in [2.24, 2.45) is 0 Å². The Morgan fingerprint density at radius 1 is 1.28 bits per heavy atom. The summed E-state index contributed by atoms with van der Waals surface area (Å²) in [6.07, 6.45) is -0.787. The Balaban J connectivity index is 2.27. The van der Waals surface area contributed by atoms with Gasteiger partial charge in [0.15, 0.2) is 5.41 Å². The lowest BCUT2D eigenvalue weighted by molar-refractivity contribution is -0.143. The van der Waals surface area contributed by atoms with E-state index in [-0.39, 0.29) is 11.3 Å². The lowest BCUT2D eigenvalue weighted by Gasteiger charge is -2.12. The SMILES string of the molecule is O=C(O)C1(c2ccc(OC(F)F)cc2)CC1(F)F. The quantitative estimate of drug-likeness (QED) is 0.850. The lowest BCUT2D eigenvalue weighted by Crippen LogP contribution is -2.27. The van der Waals surface area contributed by atoms with E-state index in [1.165, 1.54) is 0 Å². The van der Waals surface area contributed by atoms with Gasteiger partial charge in [-0.2, -0.15) is 8.78 Å². The van der Waals surface area contributed by atoms with Crippen LogP contribution in [0.4, 0.5) is 17.6 Å². The fraction of sp³-hybridized carbons (Fsp3) is 0.364. The molecule has 0 amide bonds. The molecular formula is C11H8F4O3. The molecule has 2 rings (SSSR count). The summed E-state index contributed by atoms with van der Waals surface area (Å²) in [6.45, 7) is -3.02. The molecule has 1 aromatic carbocycles. The second-order valence-electron chi connectivity index (χ2n) is 3.99. The molecule has 0 spiro atoms. The van der Waals surface area contributed by atoms with E-state index in [1.807, 2.05) is 0 Å². The predicted octanol–water partition coefficient (Wildman–Crippen LogP) is 2.65. The van der Waals surface area contributed by atoms with Crippen molar-refractivity contribution in [3.05, 3.63) is 29.8 Å². The maximum Gasteiger partial charge on any atom is 0.387 e. The Hall–Kier alpha value is -1.79. The summed E-state index contributed by atoms with van der Waals surface area (Å²) >= 11 is 0. The van der Waals surface area contributed by atoms with E-state index in [2.05, 4.69) is 4.74 Å². The molecule has 7 heteroatoms. The minimum absolute atomic E-state index is 0.124. The van der Waals surface area contributed by atoms with Gasteiger partial charge in [0.25, 0.3) is 5.92 Å². The Bertz CT molecular complexity index is 472. The molecule has 1 aliphatic rings. The van der Waals surface area contributed by atoms with Crippen molar-refractivity contribution in [1.82, 2.24) is 0 Å². The van der Waals surface area contributed by atoms with Gasteiger partial charge in [-0.05, 0) is 17.7 Å². The fourth-order valence-electron chi connectivity index (χ4n) is 1.88. The Morgan fingerprint density at radius 2 is 1.78 bits per heavy atom. The van der Waals surface area contributed by atoms with Gasteiger partial charge in [-0.25, -0.2) is 8.78 Å². The van der Waals surface area contributed by atoms with E-state index >= 15 is 0 Å². The van der Waals surface area contributed by atoms with Crippen molar-refractivity contribution >= 4 is 5.97 Å². The van der Waals surface area contributed by atoms with E-state index in [0.29, 0.717) is 0 Å². The van der Waals surface area contributed by atoms with Crippen LogP contribution in [-0.2, 0) is 10.2 Å². The smallest absolute Gasteiger partial charge is 0.387 e. The third-order valence-electron chi connectivity index (χ3n) is 2.92. The van der Waals surface area contributed by atoms with Gasteiger partial charge < -0.3 is 9.84 Å². The second kappa shape index (κ2) is 3.86. The number of rotatable bonds is 4. The van der Waals surface area contributed by atoms with Gasteiger partial charge >= 0.3 is 12.6 Å². The van der Waals surface area contributed by atoms with Gasteiger partial charge in [0.05, 0.1) is 0 Å². The average Bonchev–Trinajstić information content (AvgIpc) is 2.83. The molecule has 18 heavy (non-hydrogen) atoms. The summed E-state index contributed by atoms with van der Waals surface area (Å²) in [5.74, 6) is -5.16. The summed E-state index contributed by atoms with van der Waals surface area (Å²) in [7, 11) is 0. The third-order valence-corrected chi connectivity index (χ3v) is 2.92. The topological polar surface area (TPSA) is 46.5 Å². The van der Waals surface area contributed by atoms with Gasteiger partial charge in [-0.3, -0.25) is 4.79 Å². The molecule has 1 fully saturated rings. The highest BCUT2D eigenvalue weighted by Gasteiger charge is 2.77. The molecular weight excluding hydrogens is 256 g/mol. The Morgan fingerprint density at radius 3 is 2.11 bits per heavy atom. The van der Waals surface area contributed by atoms with E-state index in [9.17, 15) is 22.4 Å². The minimum atomic E-state index is -3.32. The Kier molecular flexibility index (Phi) is 2.71. The van der Waals surface area contributed by atoms with Crippen LogP contribution in [0.2, 0.25) is 0 Å². The van der Waals surface area contributed by atoms with Crippen LogP contribution in [0.3, 0.4) is 0 Å². The van der Waals surface area contributed by atoms with Crippen LogP contribution in [0.25, 0.3) is 0 Å². The highest BCUT2D eigenvalue weighted by molar-refractivity contribution is 5.87. The molecule has 1 saturated carbocycles. The summed E-state index contributed by atoms with van der Waals surface area (Å²) in [5.41, 5.74) is -2.36. The number of halogens is 4. The Labute approximate surface area is 99.0 Å². The minimum Gasteiger partial charge on any atom is -0.480 e. The standard InChI is InChI=1S/C11H8F4O3/c12-9(13)18-7-3-1-6(2-4-7)10(8(16)17)5-11(10,14)15/h1-4,9H,5H2,(H,16,17). The van der Waals surface area contributed by atoms with Crippen LogP contribution in [0.15, 0.2) is 24.3 Å². The molecule has 0 aliphatic heterocycles. The van der Waals surface area contributed by atoms with Gasteiger partial charge in [-0.15, -0.1) is 0 Å². The molecule has 0 saturated heterocycles. The highest BCUT2D eigenvalue weighted by Crippen LogP contribution is 2.61. The molecule has 1 aromatic rings. The highest BCUT2D eigenvalue weighted by atomic mass is 19.3. The first kappa shape index (κ1) is 12.7. The zero-order chi connectivity index (χ0) is 13.6. The normalized spacial score (nSPS) is 24.9. The first-order valence-corrected chi connectivity index (χ1v) is 4.96. The van der Waals surface area contributed by atoms with Crippen molar-refractivity contribution in [2.45, 2.75) is 24.4 Å². The number of hydrogen-bond donors (Lipinski definition) is 1. The van der Waals surface area contributed by atoms with Crippen molar-refractivity contribution in [3.63, 3.8) is 0 Å². The van der Waals surface area contributed by atoms with Crippen LogP contribution >= 0.6 is 0 Å². The molecule has 1 N–H and O–H groups in total. The summed E-state index contributed by atoms with van der Waals surface area (Å²) in [6, 6.07) is 4.21. The van der Waals surface area contributed by atoms with Gasteiger partial charge in [0.1, 0.15) is 5.75 Å². The fourth-order valence-corrected chi connectivity index (χ4v) is 1.88. The average molecular weight is 264 g/mol. The van der Waals surface area contributed by atoms with E-state index in [1.54, 1.807) is 0 Å². The van der Waals surface area contributed by atoms with Crippen molar-refractivity contribution in [1.29, 1.82) is 0 Å². The number of aliphatic carboxylic acids is 1. The van der Waals surface area contributed by atoms with Crippen LogP contribution in [0.5, 0.6) is 5.75 Å². The molecule has 3 nitrogen and oxygen atoms in total. The second-order valence-corrected chi connectivity index (χ2v) is 3.99. The molecule has 1 unspecified atom stereocenters. The number of alkyl halides is 4. The van der Waals surface area contributed by atoms with Crippen LogP contribution in [-0.4, -0.2) is 23.6 Å². The van der Waals surface area contributed by atoms with Crippen LogP contribution in [0.1, 0.15) is 12.0 Å². The number of hydrogen-bond acceptors (Lipinski definition) is 2. The van der Waals surface area contributed by atoms with Crippen molar-refractivity contribution in [3.8, 4) is 5.75 Å². The van der Waals surface area contributed by atoms with Crippen LogP contribution in [0, 0.1) is 0 Å². The molecule has 0 radical (unpaired) electrons. The maximum absolute atomic E-state index is 13.2. The number of carboxylic acid groups (broad SMARTS) is 1. The number of carbonyl (C=O) groups is 1. The zero-order valence-electron chi connectivity index (χ0n) is 8.87. The number of carboxylic acids is 1. The predicted molar refractivity (Wildman–Crippen MR) is 52.0 cm³/mol. The lowest BCUT2D eigenvalue weighted by atomic mass is 9.95. The van der Waals surface area contributed by atoms with E-state index < -0.39 is 30.3 Å². The molecule has 0 aromatic heterocycles. The molecule has 1 aliphatic carbocycles. The third kappa shape index (κ3) is 1.79. The monoisotopic (exact) mass is 264 g/mol. The number of ether oxygens (including phenoxy) is 1. The first-order valence-electron chi connectivity index (χ1n) is 4.96. The first-order chi connectivity index (χ1) is 8.29. The zero-order valence-corrected chi connectivity index (χ0v) is 8.87. The maximum atomic E-state index is 13.2. The summed E-state index contributed by atoms with van der Waals surface area (Å²) in [4.78, 5) is 10.9. The number of benzene rings is 1.